The van der Waals surface area contributed by atoms with Crippen LogP contribution in [0.25, 0.3) is 0 Å². The highest BCUT2D eigenvalue weighted by atomic mass is 32.2. The lowest BCUT2D eigenvalue weighted by atomic mass is 9.87. The lowest BCUT2D eigenvalue weighted by Gasteiger charge is -2.21. The van der Waals surface area contributed by atoms with Crippen molar-refractivity contribution in [2.45, 2.75) is 52.4 Å². The molecular formula is C23H22FNS. The molecule has 0 saturated heterocycles. The highest BCUT2D eigenvalue weighted by Crippen LogP contribution is 2.37. The molecule has 0 amide bonds. The Labute approximate surface area is 159 Å². The van der Waals surface area contributed by atoms with E-state index in [1.54, 1.807) is 6.08 Å². The zero-order valence-electron chi connectivity index (χ0n) is 15.3. The topological polar surface area (TPSA) is 23.8 Å². The SMILES string of the molecule is CC1=CC=C(C#CC2=C(F)C=C(C3=CC(C)=C(SC#N)CC3)CC2)CC1. The number of hydrogen-bond donors (Lipinski definition) is 0. The van der Waals surface area contributed by atoms with Gasteiger partial charge in [0.25, 0.3) is 0 Å². The summed E-state index contributed by atoms with van der Waals surface area (Å²) in [7, 11) is 0. The van der Waals surface area contributed by atoms with Gasteiger partial charge in [0.1, 0.15) is 11.2 Å². The van der Waals surface area contributed by atoms with Gasteiger partial charge in [-0.3, -0.25) is 0 Å². The fourth-order valence-electron chi connectivity index (χ4n) is 3.37. The fraction of sp³-hybridized carbons (Fsp3) is 0.348. The van der Waals surface area contributed by atoms with Crippen LogP contribution >= 0.6 is 11.8 Å². The summed E-state index contributed by atoms with van der Waals surface area (Å²) >= 11 is 1.24. The van der Waals surface area contributed by atoms with Crippen molar-refractivity contribution in [2.75, 3.05) is 0 Å². The van der Waals surface area contributed by atoms with Crippen molar-refractivity contribution in [3.63, 3.8) is 0 Å². The first-order valence-electron chi connectivity index (χ1n) is 9.01. The molecule has 0 heterocycles. The Bertz CT molecular complexity index is 904. The standard InChI is InChI=1S/C23H22FNS/c1-16-3-5-18(6-4-16)7-8-19-9-10-21(14-22(19)24)20-11-12-23(26-15-25)17(2)13-20/h3,5,13-14H,4,6,9-12H2,1-2H3. The summed E-state index contributed by atoms with van der Waals surface area (Å²) in [5, 5.41) is 11.0. The van der Waals surface area contributed by atoms with Gasteiger partial charge >= 0.3 is 0 Å². The van der Waals surface area contributed by atoms with E-state index < -0.39 is 0 Å². The Morgan fingerprint density at radius 2 is 1.69 bits per heavy atom. The molecule has 0 aromatic carbocycles. The van der Waals surface area contributed by atoms with Crippen LogP contribution in [0.3, 0.4) is 0 Å². The van der Waals surface area contributed by atoms with Gasteiger partial charge in [-0.1, -0.05) is 35.6 Å². The van der Waals surface area contributed by atoms with E-state index in [9.17, 15) is 4.39 Å². The summed E-state index contributed by atoms with van der Waals surface area (Å²) in [6.07, 6.45) is 13.1. The molecule has 0 saturated carbocycles. The smallest absolute Gasteiger partial charge is 0.138 e. The zero-order valence-corrected chi connectivity index (χ0v) is 16.1. The van der Waals surface area contributed by atoms with Gasteiger partial charge in [0.15, 0.2) is 0 Å². The molecule has 0 unspecified atom stereocenters. The van der Waals surface area contributed by atoms with Gasteiger partial charge in [0, 0.05) is 16.1 Å². The van der Waals surface area contributed by atoms with Crippen molar-refractivity contribution in [3.8, 4) is 17.2 Å². The molecule has 0 atom stereocenters. The van der Waals surface area contributed by atoms with Crippen molar-refractivity contribution < 1.29 is 4.39 Å². The van der Waals surface area contributed by atoms with Gasteiger partial charge in [-0.05, 0) is 86.9 Å². The second kappa shape index (κ2) is 8.43. The summed E-state index contributed by atoms with van der Waals surface area (Å²) < 4.78 is 14.5. The quantitative estimate of drug-likeness (QED) is 0.397. The molecule has 0 aromatic rings. The second-order valence-electron chi connectivity index (χ2n) is 6.92. The average molecular weight is 364 g/mol. The number of rotatable bonds is 2. The summed E-state index contributed by atoms with van der Waals surface area (Å²) in [6, 6.07) is 0. The Morgan fingerprint density at radius 3 is 2.35 bits per heavy atom. The fourth-order valence-corrected chi connectivity index (χ4v) is 3.90. The molecule has 0 N–H and O–H groups in total. The molecule has 0 bridgehead atoms. The van der Waals surface area contributed by atoms with Crippen LogP contribution in [-0.2, 0) is 0 Å². The third-order valence-electron chi connectivity index (χ3n) is 5.00. The first-order chi connectivity index (χ1) is 12.6. The average Bonchev–Trinajstić information content (AvgIpc) is 2.64. The molecule has 3 rings (SSSR count). The van der Waals surface area contributed by atoms with Crippen molar-refractivity contribution >= 4 is 11.8 Å². The molecular weight excluding hydrogens is 341 g/mol. The third-order valence-corrected chi connectivity index (χ3v) is 5.86. The van der Waals surface area contributed by atoms with Gasteiger partial charge in [-0.15, -0.1) is 0 Å². The number of halogens is 1. The van der Waals surface area contributed by atoms with Crippen LogP contribution in [-0.4, -0.2) is 0 Å². The molecule has 132 valence electrons. The summed E-state index contributed by atoms with van der Waals surface area (Å²) in [4.78, 5) is 1.13. The van der Waals surface area contributed by atoms with Crippen LogP contribution in [0.5, 0.6) is 0 Å². The Kier molecular flexibility index (Phi) is 6.02. The number of nitrogens with zero attached hydrogens (tertiary/aromatic N) is 1. The zero-order chi connectivity index (χ0) is 18.5. The highest BCUT2D eigenvalue weighted by molar-refractivity contribution is 8.07. The monoisotopic (exact) mass is 363 g/mol. The van der Waals surface area contributed by atoms with Crippen molar-refractivity contribution in [3.05, 3.63) is 68.5 Å². The Morgan fingerprint density at radius 1 is 0.923 bits per heavy atom. The summed E-state index contributed by atoms with van der Waals surface area (Å²) in [5.41, 5.74) is 6.47. The first-order valence-corrected chi connectivity index (χ1v) is 9.82. The highest BCUT2D eigenvalue weighted by Gasteiger charge is 2.18. The maximum absolute atomic E-state index is 14.5. The van der Waals surface area contributed by atoms with E-state index in [-0.39, 0.29) is 5.83 Å². The van der Waals surface area contributed by atoms with Crippen molar-refractivity contribution in [2.24, 2.45) is 0 Å². The summed E-state index contributed by atoms with van der Waals surface area (Å²) in [5.74, 6) is 6.01. The van der Waals surface area contributed by atoms with Gasteiger partial charge in [0.05, 0.1) is 0 Å². The van der Waals surface area contributed by atoms with Gasteiger partial charge in [0.2, 0.25) is 0 Å². The van der Waals surface area contributed by atoms with Gasteiger partial charge in [-0.2, -0.15) is 5.26 Å². The van der Waals surface area contributed by atoms with Crippen molar-refractivity contribution in [1.29, 1.82) is 5.26 Å². The molecule has 0 radical (unpaired) electrons. The molecule has 0 fully saturated rings. The van der Waals surface area contributed by atoms with E-state index in [4.69, 9.17) is 5.26 Å². The Balaban J connectivity index is 1.78. The van der Waals surface area contributed by atoms with Crippen LogP contribution < -0.4 is 0 Å². The largest absolute Gasteiger partial charge is 0.206 e. The second-order valence-corrected chi connectivity index (χ2v) is 7.80. The van der Waals surface area contributed by atoms with Crippen LogP contribution in [0.2, 0.25) is 0 Å². The van der Waals surface area contributed by atoms with E-state index in [0.717, 1.165) is 53.7 Å². The van der Waals surface area contributed by atoms with E-state index in [1.165, 1.54) is 22.9 Å². The first kappa shape index (κ1) is 18.6. The molecule has 1 nitrogen and oxygen atoms in total. The van der Waals surface area contributed by atoms with Crippen LogP contribution in [0.15, 0.2) is 68.5 Å². The number of thiocyanates is 1. The number of thioether (sulfide) groups is 1. The lowest BCUT2D eigenvalue weighted by molar-refractivity contribution is 0.638. The lowest BCUT2D eigenvalue weighted by Crippen LogP contribution is -2.03. The van der Waals surface area contributed by atoms with Crippen LogP contribution in [0.1, 0.15) is 52.4 Å². The number of hydrogen-bond acceptors (Lipinski definition) is 2. The molecule has 0 spiro atoms. The molecule has 3 heteroatoms. The molecule has 3 aliphatic carbocycles. The molecule has 3 aliphatic rings. The van der Waals surface area contributed by atoms with Crippen molar-refractivity contribution in [1.82, 2.24) is 0 Å². The normalized spacial score (nSPS) is 20.4. The van der Waals surface area contributed by atoms with E-state index in [0.29, 0.717) is 12.0 Å². The van der Waals surface area contributed by atoms with E-state index >= 15 is 0 Å². The van der Waals surface area contributed by atoms with Gasteiger partial charge < -0.3 is 0 Å². The number of allylic oxidation sites excluding steroid dienone is 12. The van der Waals surface area contributed by atoms with Gasteiger partial charge in [-0.25, -0.2) is 4.39 Å². The van der Waals surface area contributed by atoms with Crippen LogP contribution in [0.4, 0.5) is 4.39 Å². The third kappa shape index (κ3) is 4.48. The van der Waals surface area contributed by atoms with E-state index in [1.807, 2.05) is 13.0 Å². The summed E-state index contributed by atoms with van der Waals surface area (Å²) in [6.45, 7) is 4.15. The minimum absolute atomic E-state index is 0.193. The minimum atomic E-state index is -0.193. The van der Waals surface area contributed by atoms with Crippen LogP contribution in [0, 0.1) is 22.5 Å². The molecule has 0 aliphatic heterocycles. The Hall–Kier alpha value is -2.23. The molecule has 0 aromatic heterocycles. The van der Waals surface area contributed by atoms with E-state index in [2.05, 4.69) is 36.3 Å². The minimum Gasteiger partial charge on any atom is -0.206 e. The molecule has 26 heavy (non-hydrogen) atoms. The number of nitriles is 1. The predicted octanol–water partition coefficient (Wildman–Crippen LogP) is 6.81. The predicted molar refractivity (Wildman–Crippen MR) is 108 cm³/mol. The maximum atomic E-state index is 14.5. The maximum Gasteiger partial charge on any atom is 0.138 e.